The molecule has 0 atom stereocenters. The molecular weight excluding hydrogens is 353 g/mol. The Morgan fingerprint density at radius 2 is 1.50 bits per heavy atom. The molecule has 0 radical (unpaired) electrons. The minimum absolute atomic E-state index is 0.354. The summed E-state index contributed by atoms with van der Waals surface area (Å²) in [6.07, 6.45) is 2.85. The van der Waals surface area contributed by atoms with Crippen LogP contribution in [0, 0.1) is 5.82 Å². The van der Waals surface area contributed by atoms with Crippen molar-refractivity contribution in [1.29, 1.82) is 0 Å². The fraction of sp³-hybridized carbons (Fsp3) is 0.125. The van der Waals surface area contributed by atoms with Gasteiger partial charge in [0.15, 0.2) is 0 Å². The first-order valence-electron chi connectivity index (χ1n) is 9.03. The summed E-state index contributed by atoms with van der Waals surface area (Å²) in [5.74, 6) is -0.829. The van der Waals surface area contributed by atoms with Gasteiger partial charge in [-0.2, -0.15) is 0 Å². The van der Waals surface area contributed by atoms with Gasteiger partial charge in [-0.1, -0.05) is 60.7 Å². The lowest BCUT2D eigenvalue weighted by atomic mass is 10.1. The van der Waals surface area contributed by atoms with E-state index in [2.05, 4.69) is 33.9 Å². The minimum Gasteiger partial charge on any atom is -0.466 e. The zero-order chi connectivity index (χ0) is 19.8. The van der Waals surface area contributed by atoms with Crippen LogP contribution in [0.5, 0.6) is 0 Å². The Morgan fingerprint density at radius 1 is 0.929 bits per heavy atom. The predicted octanol–water partition coefficient (Wildman–Crippen LogP) is 5.22. The maximum atomic E-state index is 14.3. The topological polar surface area (TPSA) is 29.5 Å². The number of anilines is 1. The van der Waals surface area contributed by atoms with Gasteiger partial charge in [0, 0.05) is 24.9 Å². The summed E-state index contributed by atoms with van der Waals surface area (Å²) in [4.78, 5) is 13.5. The van der Waals surface area contributed by atoms with E-state index in [-0.39, 0.29) is 5.82 Å². The van der Waals surface area contributed by atoms with Crippen molar-refractivity contribution in [3.05, 3.63) is 107 Å². The molecule has 4 heteroatoms. The first kappa shape index (κ1) is 19.4. The average molecular weight is 375 g/mol. The maximum absolute atomic E-state index is 14.3. The van der Waals surface area contributed by atoms with Crippen LogP contribution >= 0.6 is 0 Å². The number of esters is 1. The number of methoxy groups -OCH3 is 1. The third-order valence-electron chi connectivity index (χ3n) is 4.32. The van der Waals surface area contributed by atoms with Gasteiger partial charge in [0.05, 0.1) is 7.11 Å². The van der Waals surface area contributed by atoms with Crippen molar-refractivity contribution in [2.24, 2.45) is 0 Å². The van der Waals surface area contributed by atoms with Crippen LogP contribution in [-0.2, 0) is 22.6 Å². The van der Waals surface area contributed by atoms with E-state index in [9.17, 15) is 9.18 Å². The average Bonchev–Trinajstić information content (AvgIpc) is 2.72. The van der Waals surface area contributed by atoms with E-state index < -0.39 is 5.97 Å². The fourth-order valence-corrected chi connectivity index (χ4v) is 2.95. The van der Waals surface area contributed by atoms with Crippen LogP contribution in [0.2, 0.25) is 0 Å². The number of hydrogen-bond acceptors (Lipinski definition) is 3. The first-order valence-corrected chi connectivity index (χ1v) is 9.03. The molecule has 0 unspecified atom stereocenters. The second kappa shape index (κ2) is 9.51. The summed E-state index contributed by atoms with van der Waals surface area (Å²) < 4.78 is 18.9. The van der Waals surface area contributed by atoms with E-state index in [0.29, 0.717) is 18.7 Å². The van der Waals surface area contributed by atoms with Crippen LogP contribution in [0.15, 0.2) is 84.9 Å². The molecule has 0 fully saturated rings. The Kier molecular flexibility index (Phi) is 6.58. The van der Waals surface area contributed by atoms with Gasteiger partial charge in [-0.15, -0.1) is 0 Å². The Morgan fingerprint density at radius 3 is 2.04 bits per heavy atom. The minimum atomic E-state index is -0.476. The highest BCUT2D eigenvalue weighted by atomic mass is 19.1. The van der Waals surface area contributed by atoms with Crippen LogP contribution in [0.1, 0.15) is 16.7 Å². The highest BCUT2D eigenvalue weighted by Crippen LogP contribution is 2.24. The Hall–Kier alpha value is -3.40. The Bertz CT molecular complexity index is 898. The zero-order valence-corrected chi connectivity index (χ0v) is 15.7. The molecule has 3 nitrogen and oxygen atoms in total. The molecule has 0 spiro atoms. The second-order valence-electron chi connectivity index (χ2n) is 6.43. The van der Waals surface area contributed by atoms with Crippen molar-refractivity contribution in [2.75, 3.05) is 12.0 Å². The molecule has 0 amide bonds. The van der Waals surface area contributed by atoms with Gasteiger partial charge in [-0.3, -0.25) is 0 Å². The van der Waals surface area contributed by atoms with E-state index in [4.69, 9.17) is 0 Å². The summed E-state index contributed by atoms with van der Waals surface area (Å²) >= 11 is 0. The molecule has 0 saturated carbocycles. The SMILES string of the molecule is COC(=O)C=Cc1cc(F)cc(N(Cc2ccccc2)Cc2ccccc2)c1. The summed E-state index contributed by atoms with van der Waals surface area (Å²) in [5, 5.41) is 0. The van der Waals surface area contributed by atoms with Gasteiger partial charge in [0.25, 0.3) is 0 Å². The highest BCUT2D eigenvalue weighted by molar-refractivity contribution is 5.87. The molecular formula is C24H22FNO2. The van der Waals surface area contributed by atoms with Crippen molar-refractivity contribution >= 4 is 17.7 Å². The summed E-state index contributed by atoms with van der Waals surface area (Å²) in [6.45, 7) is 1.28. The predicted molar refractivity (Wildman–Crippen MR) is 110 cm³/mol. The molecule has 0 aliphatic rings. The first-order chi connectivity index (χ1) is 13.6. The van der Waals surface area contributed by atoms with Gasteiger partial charge in [-0.05, 0) is 41.0 Å². The molecule has 28 heavy (non-hydrogen) atoms. The molecule has 0 heterocycles. The fourth-order valence-electron chi connectivity index (χ4n) is 2.95. The summed E-state index contributed by atoms with van der Waals surface area (Å²) in [5.41, 5.74) is 3.62. The summed E-state index contributed by atoms with van der Waals surface area (Å²) in [6, 6.07) is 24.9. The van der Waals surface area contributed by atoms with Crippen LogP contribution in [0.25, 0.3) is 6.08 Å². The van der Waals surface area contributed by atoms with Crippen LogP contribution < -0.4 is 4.90 Å². The number of halogens is 1. The van der Waals surface area contributed by atoms with Gasteiger partial charge in [0.2, 0.25) is 0 Å². The Balaban J connectivity index is 1.93. The van der Waals surface area contributed by atoms with Crippen LogP contribution in [0.4, 0.5) is 10.1 Å². The standard InChI is InChI=1S/C24H22FNO2/c1-28-24(27)13-12-21-14-22(25)16-23(15-21)26(17-19-8-4-2-5-9-19)18-20-10-6-3-7-11-20/h2-16H,17-18H2,1H3. The number of ether oxygens (including phenoxy) is 1. The maximum Gasteiger partial charge on any atom is 0.330 e. The lowest BCUT2D eigenvalue weighted by molar-refractivity contribution is -0.134. The smallest absolute Gasteiger partial charge is 0.330 e. The van der Waals surface area contributed by atoms with Crippen molar-refractivity contribution < 1.29 is 13.9 Å². The monoisotopic (exact) mass is 375 g/mol. The highest BCUT2D eigenvalue weighted by Gasteiger charge is 2.11. The van der Waals surface area contributed by atoms with E-state index in [1.807, 2.05) is 42.5 Å². The zero-order valence-electron chi connectivity index (χ0n) is 15.7. The van der Waals surface area contributed by atoms with Gasteiger partial charge in [-0.25, -0.2) is 9.18 Å². The number of carbonyl (C=O) groups excluding carboxylic acids is 1. The number of hydrogen-bond donors (Lipinski definition) is 0. The molecule has 0 aliphatic heterocycles. The molecule has 3 rings (SSSR count). The number of nitrogens with zero attached hydrogens (tertiary/aromatic N) is 1. The number of carbonyl (C=O) groups is 1. The van der Waals surface area contributed by atoms with Gasteiger partial charge < -0.3 is 9.64 Å². The lowest BCUT2D eigenvalue weighted by Crippen LogP contribution is -2.22. The van der Waals surface area contributed by atoms with E-state index >= 15 is 0 Å². The van der Waals surface area contributed by atoms with Crippen LogP contribution in [0.3, 0.4) is 0 Å². The summed E-state index contributed by atoms with van der Waals surface area (Å²) in [7, 11) is 1.31. The molecule has 0 aromatic heterocycles. The normalized spacial score (nSPS) is 10.8. The lowest BCUT2D eigenvalue weighted by Gasteiger charge is -2.26. The van der Waals surface area contributed by atoms with Crippen LogP contribution in [-0.4, -0.2) is 13.1 Å². The number of benzene rings is 3. The van der Waals surface area contributed by atoms with Crippen molar-refractivity contribution in [3.63, 3.8) is 0 Å². The third-order valence-corrected chi connectivity index (χ3v) is 4.32. The molecule has 3 aromatic rings. The van der Waals surface area contributed by atoms with Crippen molar-refractivity contribution in [2.45, 2.75) is 13.1 Å². The largest absolute Gasteiger partial charge is 0.466 e. The van der Waals surface area contributed by atoms with Crippen molar-refractivity contribution in [3.8, 4) is 0 Å². The van der Waals surface area contributed by atoms with E-state index in [0.717, 1.165) is 16.8 Å². The van der Waals surface area contributed by atoms with Crippen molar-refractivity contribution in [1.82, 2.24) is 0 Å². The molecule has 0 aliphatic carbocycles. The molecule has 0 saturated heterocycles. The Labute approximate surface area is 164 Å². The third kappa shape index (κ3) is 5.55. The molecule has 0 bridgehead atoms. The second-order valence-corrected chi connectivity index (χ2v) is 6.43. The quantitative estimate of drug-likeness (QED) is 0.419. The molecule has 0 N–H and O–H groups in total. The van der Waals surface area contributed by atoms with Gasteiger partial charge >= 0.3 is 5.97 Å². The van der Waals surface area contributed by atoms with E-state index in [1.165, 1.54) is 25.3 Å². The van der Waals surface area contributed by atoms with E-state index in [1.54, 1.807) is 6.08 Å². The molecule has 3 aromatic carbocycles. The molecule has 142 valence electrons. The van der Waals surface area contributed by atoms with Gasteiger partial charge in [0.1, 0.15) is 5.82 Å². The number of rotatable bonds is 7.